The number of carbonyl (C=O) groups excluding carboxylic acids is 1. The van der Waals surface area contributed by atoms with E-state index >= 15 is 0 Å². The number of benzene rings is 2. The summed E-state index contributed by atoms with van der Waals surface area (Å²) in [7, 11) is 0. The van der Waals surface area contributed by atoms with Crippen molar-refractivity contribution in [3.05, 3.63) is 48.3 Å². The predicted octanol–water partition coefficient (Wildman–Crippen LogP) is 4.22. The van der Waals surface area contributed by atoms with Gasteiger partial charge in [-0.3, -0.25) is 4.79 Å². The molecule has 0 aliphatic heterocycles. The molecule has 0 fully saturated rings. The molecule has 2 aromatic carbocycles. The van der Waals surface area contributed by atoms with Gasteiger partial charge in [0.25, 0.3) is 0 Å². The molecule has 0 aromatic heterocycles. The van der Waals surface area contributed by atoms with Gasteiger partial charge in [-0.05, 0) is 31.2 Å². The van der Waals surface area contributed by atoms with Gasteiger partial charge in [0.2, 0.25) is 5.91 Å². The van der Waals surface area contributed by atoms with Crippen molar-refractivity contribution in [2.24, 2.45) is 0 Å². The minimum absolute atomic E-state index is 0.0625. The summed E-state index contributed by atoms with van der Waals surface area (Å²) in [5, 5.41) is 5.19. The number of nitrogens with one attached hydrogen (secondary N) is 2. The van der Waals surface area contributed by atoms with Crippen molar-refractivity contribution < 1.29 is 31.8 Å². The first-order valence-corrected chi connectivity index (χ1v) is 8.03. The quantitative estimate of drug-likeness (QED) is 0.667. The normalized spacial score (nSPS) is 11.0. The van der Waals surface area contributed by atoms with Gasteiger partial charge in [-0.2, -0.15) is 13.2 Å². The van der Waals surface area contributed by atoms with Gasteiger partial charge in [-0.15, -0.1) is 0 Å². The number of rotatable bonds is 8. The third-order valence-corrected chi connectivity index (χ3v) is 3.23. The number of ether oxygens (including phenoxy) is 2. The zero-order chi connectivity index (χ0) is 19.9. The number of carbonyl (C=O) groups is 1. The van der Waals surface area contributed by atoms with Crippen LogP contribution in [0.3, 0.4) is 0 Å². The fraction of sp³-hybridized carbons (Fsp3) is 0.278. The van der Waals surface area contributed by atoms with Crippen molar-refractivity contribution in [1.82, 2.24) is 0 Å². The van der Waals surface area contributed by atoms with Crippen LogP contribution in [0.15, 0.2) is 42.5 Å². The topological polar surface area (TPSA) is 59.6 Å². The van der Waals surface area contributed by atoms with Gasteiger partial charge >= 0.3 is 6.18 Å². The van der Waals surface area contributed by atoms with Crippen LogP contribution in [-0.4, -0.2) is 31.8 Å². The minimum atomic E-state index is -4.54. The highest BCUT2D eigenvalue weighted by molar-refractivity contribution is 5.95. The molecule has 0 unspecified atom stereocenters. The molecular weight excluding hydrogens is 368 g/mol. The van der Waals surface area contributed by atoms with Crippen LogP contribution in [-0.2, 0) is 4.79 Å². The maximum atomic E-state index is 13.4. The Kier molecular flexibility index (Phi) is 6.86. The fourth-order valence-corrected chi connectivity index (χ4v) is 2.15. The van der Waals surface area contributed by atoms with E-state index in [0.717, 1.165) is 18.2 Å². The first kappa shape index (κ1) is 20.3. The highest BCUT2D eigenvalue weighted by atomic mass is 19.4. The molecule has 0 spiro atoms. The molecule has 5 nitrogen and oxygen atoms in total. The average molecular weight is 386 g/mol. The Bertz CT molecular complexity index is 781. The number of anilines is 2. The lowest BCUT2D eigenvalue weighted by molar-refractivity contribution is -0.153. The van der Waals surface area contributed by atoms with Crippen molar-refractivity contribution in [1.29, 1.82) is 0 Å². The molecule has 0 radical (unpaired) electrons. The summed E-state index contributed by atoms with van der Waals surface area (Å²) in [6, 6.07) is 9.76. The Morgan fingerprint density at radius 3 is 2.44 bits per heavy atom. The second kappa shape index (κ2) is 9.11. The summed E-state index contributed by atoms with van der Waals surface area (Å²) in [6.07, 6.45) is -4.54. The van der Waals surface area contributed by atoms with Gasteiger partial charge in [-0.1, -0.05) is 12.1 Å². The number of alkyl halides is 3. The SMILES string of the molecule is CCOc1ccccc1NC(=O)CNc1cc(F)ccc1OCC(F)(F)F. The van der Waals surface area contributed by atoms with Crippen LogP contribution in [0, 0.1) is 5.82 Å². The zero-order valence-electron chi connectivity index (χ0n) is 14.4. The Balaban J connectivity index is 2.01. The first-order valence-electron chi connectivity index (χ1n) is 8.03. The van der Waals surface area contributed by atoms with Crippen LogP contribution in [0.5, 0.6) is 11.5 Å². The number of hydrogen-bond acceptors (Lipinski definition) is 4. The van der Waals surface area contributed by atoms with E-state index in [4.69, 9.17) is 4.74 Å². The maximum Gasteiger partial charge on any atom is 0.422 e. The second-order valence-corrected chi connectivity index (χ2v) is 5.38. The van der Waals surface area contributed by atoms with Crippen molar-refractivity contribution in [2.45, 2.75) is 13.1 Å². The second-order valence-electron chi connectivity index (χ2n) is 5.38. The van der Waals surface area contributed by atoms with Crippen molar-refractivity contribution in [3.8, 4) is 11.5 Å². The van der Waals surface area contributed by atoms with E-state index in [1.807, 2.05) is 0 Å². The van der Waals surface area contributed by atoms with Gasteiger partial charge in [0.15, 0.2) is 6.61 Å². The number of halogens is 4. The molecule has 0 bridgehead atoms. The van der Waals surface area contributed by atoms with Crippen molar-refractivity contribution in [3.63, 3.8) is 0 Å². The number of amides is 1. The maximum absolute atomic E-state index is 13.4. The van der Waals surface area contributed by atoms with Crippen LogP contribution in [0.4, 0.5) is 28.9 Å². The molecule has 2 aromatic rings. The highest BCUT2D eigenvalue weighted by Crippen LogP contribution is 2.28. The van der Waals surface area contributed by atoms with E-state index in [1.165, 1.54) is 0 Å². The van der Waals surface area contributed by atoms with Crippen molar-refractivity contribution >= 4 is 17.3 Å². The Morgan fingerprint density at radius 2 is 1.74 bits per heavy atom. The zero-order valence-corrected chi connectivity index (χ0v) is 14.4. The van der Waals surface area contributed by atoms with Gasteiger partial charge < -0.3 is 20.1 Å². The summed E-state index contributed by atoms with van der Waals surface area (Å²) in [6.45, 7) is 0.369. The lowest BCUT2D eigenvalue weighted by Gasteiger charge is -2.15. The molecule has 2 rings (SSSR count). The van der Waals surface area contributed by atoms with Crippen LogP contribution >= 0.6 is 0 Å². The van der Waals surface area contributed by atoms with E-state index in [9.17, 15) is 22.4 Å². The van der Waals surface area contributed by atoms with Crippen LogP contribution in [0.1, 0.15) is 6.92 Å². The Labute approximate surface area is 153 Å². The van der Waals surface area contributed by atoms with Crippen LogP contribution in [0.2, 0.25) is 0 Å². The van der Waals surface area contributed by atoms with Crippen molar-refractivity contribution in [2.75, 3.05) is 30.4 Å². The summed E-state index contributed by atoms with van der Waals surface area (Å²) in [5.74, 6) is -0.906. The molecule has 0 heterocycles. The van der Waals surface area contributed by atoms with Gasteiger partial charge in [-0.25, -0.2) is 4.39 Å². The van der Waals surface area contributed by atoms with E-state index < -0.39 is 24.5 Å². The highest BCUT2D eigenvalue weighted by Gasteiger charge is 2.29. The van der Waals surface area contributed by atoms with Gasteiger partial charge in [0.1, 0.15) is 17.3 Å². The Hall–Kier alpha value is -2.97. The molecule has 146 valence electrons. The summed E-state index contributed by atoms with van der Waals surface area (Å²) < 4.78 is 60.4. The standard InChI is InChI=1S/C18H18F4N2O3/c1-2-26-15-6-4-3-5-13(15)24-17(25)10-23-14-9-12(19)7-8-16(14)27-11-18(20,21)22/h3-9,23H,2,10-11H2,1H3,(H,24,25). The van der Waals surface area contributed by atoms with E-state index in [0.29, 0.717) is 18.0 Å². The monoisotopic (exact) mass is 386 g/mol. The molecule has 0 saturated heterocycles. The van der Waals surface area contributed by atoms with Gasteiger partial charge in [0.05, 0.1) is 24.5 Å². The number of para-hydroxylation sites is 2. The molecule has 9 heteroatoms. The molecular formula is C18H18F4N2O3. The summed E-state index contributed by atoms with van der Waals surface area (Å²) >= 11 is 0. The predicted molar refractivity (Wildman–Crippen MR) is 92.7 cm³/mol. The lowest BCUT2D eigenvalue weighted by atomic mass is 10.2. The first-order chi connectivity index (χ1) is 12.8. The van der Waals surface area contributed by atoms with Gasteiger partial charge in [0, 0.05) is 6.07 Å². The molecule has 1 amide bonds. The molecule has 0 saturated carbocycles. The fourth-order valence-electron chi connectivity index (χ4n) is 2.15. The van der Waals surface area contributed by atoms with E-state index in [-0.39, 0.29) is 18.0 Å². The van der Waals surface area contributed by atoms with Crippen LogP contribution in [0.25, 0.3) is 0 Å². The third kappa shape index (κ3) is 6.69. The van der Waals surface area contributed by atoms with E-state index in [2.05, 4.69) is 15.4 Å². The minimum Gasteiger partial charge on any atom is -0.492 e. The molecule has 0 aliphatic carbocycles. The summed E-state index contributed by atoms with van der Waals surface area (Å²) in [4.78, 5) is 12.1. The molecule has 27 heavy (non-hydrogen) atoms. The summed E-state index contributed by atoms with van der Waals surface area (Å²) in [5.41, 5.74) is 0.381. The average Bonchev–Trinajstić information content (AvgIpc) is 2.60. The Morgan fingerprint density at radius 1 is 1.04 bits per heavy atom. The molecule has 2 N–H and O–H groups in total. The lowest BCUT2D eigenvalue weighted by Crippen LogP contribution is -2.23. The molecule has 0 aliphatic rings. The van der Waals surface area contributed by atoms with E-state index in [1.54, 1.807) is 31.2 Å². The third-order valence-electron chi connectivity index (χ3n) is 3.23. The molecule has 0 atom stereocenters. The smallest absolute Gasteiger partial charge is 0.422 e. The number of hydrogen-bond donors (Lipinski definition) is 2. The van der Waals surface area contributed by atoms with Crippen LogP contribution < -0.4 is 20.1 Å². The largest absolute Gasteiger partial charge is 0.492 e.